The topological polar surface area (TPSA) is 36.1 Å². The maximum Gasteiger partial charge on any atom is 0.0991 e. The molecule has 0 aliphatic carbocycles. The Bertz CT molecular complexity index is 419. The summed E-state index contributed by atoms with van der Waals surface area (Å²) >= 11 is 0. The zero-order chi connectivity index (χ0) is 9.80. The molecule has 0 N–H and O–H groups in total. The number of rotatable bonds is 1. The van der Waals surface area contributed by atoms with Crippen LogP contribution in [0.3, 0.4) is 0 Å². The molecular weight excluding hydrogens is 172 g/mol. The molecule has 1 aliphatic heterocycles. The van der Waals surface area contributed by atoms with Crippen LogP contribution in [0.25, 0.3) is 6.08 Å². The molecule has 0 radical (unpaired) electrons. The molecule has 2 heteroatoms. The van der Waals surface area contributed by atoms with E-state index in [0.29, 0.717) is 5.56 Å². The minimum Gasteiger partial charge on any atom is -0.293 e. The van der Waals surface area contributed by atoms with Crippen LogP contribution in [0.4, 0.5) is 0 Å². The molecule has 1 aliphatic rings. The Hall–Kier alpha value is -1.88. The van der Waals surface area contributed by atoms with Crippen LogP contribution in [0.5, 0.6) is 0 Å². The van der Waals surface area contributed by atoms with Crippen molar-refractivity contribution in [2.45, 2.75) is 6.42 Å². The van der Waals surface area contributed by atoms with E-state index in [9.17, 15) is 0 Å². The number of nitriles is 1. The third-order valence-electron chi connectivity index (χ3n) is 2.18. The predicted octanol–water partition coefficient (Wildman–Crippen LogP) is 2.42. The smallest absolute Gasteiger partial charge is 0.0991 e. The average Bonchev–Trinajstić information content (AvgIpc) is 2.72. The van der Waals surface area contributed by atoms with Gasteiger partial charge in [-0.1, -0.05) is 18.2 Å². The molecule has 0 saturated heterocycles. The van der Waals surface area contributed by atoms with E-state index in [1.54, 1.807) is 0 Å². The monoisotopic (exact) mass is 182 g/mol. The van der Waals surface area contributed by atoms with E-state index in [2.05, 4.69) is 17.1 Å². The fourth-order valence-electron chi connectivity index (χ4n) is 1.42. The Labute approximate surface area is 83.2 Å². The summed E-state index contributed by atoms with van der Waals surface area (Å²) in [6.07, 6.45) is 5.05. The summed E-state index contributed by atoms with van der Waals surface area (Å²) < 4.78 is 0. The third-order valence-corrected chi connectivity index (χ3v) is 2.18. The summed E-state index contributed by atoms with van der Waals surface area (Å²) in [7, 11) is 0. The van der Waals surface area contributed by atoms with Gasteiger partial charge in [0.2, 0.25) is 0 Å². The van der Waals surface area contributed by atoms with Crippen LogP contribution in [-0.4, -0.2) is 12.8 Å². The van der Waals surface area contributed by atoms with E-state index < -0.39 is 0 Å². The van der Waals surface area contributed by atoms with Gasteiger partial charge in [-0.2, -0.15) is 5.26 Å². The zero-order valence-corrected chi connectivity index (χ0v) is 7.77. The third kappa shape index (κ3) is 1.89. The molecule has 0 unspecified atom stereocenters. The van der Waals surface area contributed by atoms with Gasteiger partial charge in [-0.25, -0.2) is 0 Å². The van der Waals surface area contributed by atoms with Crippen molar-refractivity contribution >= 4 is 12.3 Å². The summed E-state index contributed by atoms with van der Waals surface area (Å²) in [5, 5.41) is 8.63. The lowest BCUT2D eigenvalue weighted by atomic mass is 10.1. The highest BCUT2D eigenvalue weighted by atomic mass is 14.7. The maximum absolute atomic E-state index is 8.63. The standard InChI is InChI=1S/C12H10N2/c13-8-11-3-1-10(2-4-11)7-12-5-6-14-9-12/h1-4,7,9H,5-6H2/b12-7+. The SMILES string of the molecule is N#Cc1ccc(/C=C2/C=NCC2)cc1. The molecule has 0 aromatic heterocycles. The highest BCUT2D eigenvalue weighted by Gasteiger charge is 2.00. The van der Waals surface area contributed by atoms with E-state index in [1.165, 1.54) is 5.57 Å². The Morgan fingerprint density at radius 3 is 2.64 bits per heavy atom. The van der Waals surface area contributed by atoms with Crippen molar-refractivity contribution in [1.82, 2.24) is 0 Å². The van der Waals surface area contributed by atoms with E-state index in [4.69, 9.17) is 5.26 Å². The summed E-state index contributed by atoms with van der Waals surface area (Å²) in [5.74, 6) is 0. The second kappa shape index (κ2) is 3.89. The van der Waals surface area contributed by atoms with Gasteiger partial charge in [0.05, 0.1) is 11.6 Å². The summed E-state index contributed by atoms with van der Waals surface area (Å²) in [6.45, 7) is 0.905. The predicted molar refractivity (Wildman–Crippen MR) is 57.1 cm³/mol. The van der Waals surface area contributed by atoms with E-state index in [1.807, 2.05) is 30.5 Å². The zero-order valence-electron chi connectivity index (χ0n) is 7.77. The minimum absolute atomic E-state index is 0.701. The van der Waals surface area contributed by atoms with Crippen molar-refractivity contribution < 1.29 is 0 Å². The molecular formula is C12H10N2. The summed E-state index contributed by atoms with van der Waals surface area (Å²) in [5.41, 5.74) is 3.09. The molecule has 0 bridgehead atoms. The van der Waals surface area contributed by atoms with Gasteiger partial charge in [0, 0.05) is 12.8 Å². The highest BCUT2D eigenvalue weighted by molar-refractivity contribution is 5.87. The number of hydrogen-bond acceptors (Lipinski definition) is 2. The lowest BCUT2D eigenvalue weighted by Crippen LogP contribution is -1.80. The van der Waals surface area contributed by atoms with Crippen molar-refractivity contribution in [3.8, 4) is 6.07 Å². The Balaban J connectivity index is 2.22. The van der Waals surface area contributed by atoms with Gasteiger partial charge in [0.25, 0.3) is 0 Å². The van der Waals surface area contributed by atoms with Crippen LogP contribution in [0.1, 0.15) is 17.5 Å². The molecule has 2 rings (SSSR count). The number of aliphatic imine (C=N–C) groups is 1. The van der Waals surface area contributed by atoms with Crippen LogP contribution in [0.15, 0.2) is 34.8 Å². The Kier molecular flexibility index (Phi) is 2.42. The van der Waals surface area contributed by atoms with Crippen LogP contribution in [0.2, 0.25) is 0 Å². The fourth-order valence-corrected chi connectivity index (χ4v) is 1.42. The molecule has 1 aromatic carbocycles. The molecule has 0 amide bonds. The molecule has 0 saturated carbocycles. The quantitative estimate of drug-likeness (QED) is 0.657. The van der Waals surface area contributed by atoms with Gasteiger partial charge in [0.1, 0.15) is 0 Å². The van der Waals surface area contributed by atoms with Crippen molar-refractivity contribution in [1.29, 1.82) is 5.26 Å². The van der Waals surface area contributed by atoms with Gasteiger partial charge in [0.15, 0.2) is 0 Å². The summed E-state index contributed by atoms with van der Waals surface area (Å²) in [4.78, 5) is 4.15. The number of hydrogen-bond donors (Lipinski definition) is 0. The minimum atomic E-state index is 0.701. The average molecular weight is 182 g/mol. The summed E-state index contributed by atoms with van der Waals surface area (Å²) in [6, 6.07) is 9.68. The Morgan fingerprint density at radius 1 is 1.29 bits per heavy atom. The van der Waals surface area contributed by atoms with E-state index in [0.717, 1.165) is 18.5 Å². The van der Waals surface area contributed by atoms with Crippen molar-refractivity contribution in [2.24, 2.45) is 4.99 Å². The number of nitrogens with zero attached hydrogens (tertiary/aromatic N) is 2. The van der Waals surface area contributed by atoms with Gasteiger partial charge < -0.3 is 0 Å². The molecule has 68 valence electrons. The van der Waals surface area contributed by atoms with E-state index >= 15 is 0 Å². The first kappa shape index (κ1) is 8.71. The molecule has 1 heterocycles. The Morgan fingerprint density at radius 2 is 2.07 bits per heavy atom. The molecule has 1 aromatic rings. The fraction of sp³-hybridized carbons (Fsp3) is 0.167. The van der Waals surface area contributed by atoms with Crippen molar-refractivity contribution in [3.05, 3.63) is 41.0 Å². The van der Waals surface area contributed by atoms with Crippen LogP contribution in [0, 0.1) is 11.3 Å². The molecule has 2 nitrogen and oxygen atoms in total. The van der Waals surface area contributed by atoms with Crippen molar-refractivity contribution in [2.75, 3.05) is 6.54 Å². The number of benzene rings is 1. The molecule has 14 heavy (non-hydrogen) atoms. The van der Waals surface area contributed by atoms with Gasteiger partial charge >= 0.3 is 0 Å². The molecule has 0 atom stereocenters. The highest BCUT2D eigenvalue weighted by Crippen LogP contribution is 2.12. The molecule has 0 spiro atoms. The second-order valence-corrected chi connectivity index (χ2v) is 3.24. The van der Waals surface area contributed by atoms with Crippen molar-refractivity contribution in [3.63, 3.8) is 0 Å². The largest absolute Gasteiger partial charge is 0.293 e. The van der Waals surface area contributed by atoms with Crippen LogP contribution < -0.4 is 0 Å². The van der Waals surface area contributed by atoms with Gasteiger partial charge in [-0.3, -0.25) is 4.99 Å². The molecule has 0 fully saturated rings. The first-order valence-corrected chi connectivity index (χ1v) is 4.59. The van der Waals surface area contributed by atoms with Gasteiger partial charge in [-0.15, -0.1) is 0 Å². The van der Waals surface area contributed by atoms with E-state index in [-0.39, 0.29) is 0 Å². The lowest BCUT2D eigenvalue weighted by Gasteiger charge is -1.95. The van der Waals surface area contributed by atoms with Gasteiger partial charge in [-0.05, 0) is 29.7 Å². The lowest BCUT2D eigenvalue weighted by molar-refractivity contribution is 1.05. The van der Waals surface area contributed by atoms with Crippen LogP contribution in [-0.2, 0) is 0 Å². The maximum atomic E-state index is 8.63. The van der Waals surface area contributed by atoms with Crippen LogP contribution >= 0.6 is 0 Å². The normalized spacial score (nSPS) is 17.2. The first-order chi connectivity index (χ1) is 6.88. The first-order valence-electron chi connectivity index (χ1n) is 4.59. The second-order valence-electron chi connectivity index (χ2n) is 3.24.